The van der Waals surface area contributed by atoms with Crippen molar-refractivity contribution in [3.8, 4) is 17.3 Å². The number of piperazine rings is 1. The van der Waals surface area contributed by atoms with Crippen LogP contribution in [0.15, 0.2) is 36.4 Å². The molecule has 4 aromatic rings. The highest BCUT2D eigenvalue weighted by Crippen LogP contribution is 2.30. The number of likely N-dealkylation sites (N-methyl/N-ethyl adjacent to an activating group) is 1. The van der Waals surface area contributed by atoms with E-state index in [2.05, 4.69) is 50.2 Å². The molecule has 5 rings (SSSR count). The molecule has 144 valence electrons. The minimum Gasteiger partial charge on any atom is -0.494 e. The van der Waals surface area contributed by atoms with Crippen LogP contribution in [0, 0.1) is 0 Å². The SMILES string of the molecule is CCOc1ccc2[nH]nc(-c3nc4ccc(N5CCN(C)CC5)cc4[nH]3)c2c1. The summed E-state index contributed by atoms with van der Waals surface area (Å²) in [6.07, 6.45) is 0. The van der Waals surface area contributed by atoms with Gasteiger partial charge in [0.05, 0.1) is 23.2 Å². The fourth-order valence-electron chi connectivity index (χ4n) is 3.80. The van der Waals surface area contributed by atoms with E-state index in [1.54, 1.807) is 0 Å². The van der Waals surface area contributed by atoms with Crippen molar-refractivity contribution in [2.24, 2.45) is 0 Å². The molecule has 1 fully saturated rings. The number of aromatic nitrogens is 4. The lowest BCUT2D eigenvalue weighted by Gasteiger charge is -2.34. The summed E-state index contributed by atoms with van der Waals surface area (Å²) in [5, 5.41) is 8.59. The lowest BCUT2D eigenvalue weighted by atomic mass is 10.2. The molecule has 7 heteroatoms. The molecular formula is C21H24N6O. The summed E-state index contributed by atoms with van der Waals surface area (Å²) in [4.78, 5) is 13.0. The number of H-pyrrole nitrogens is 2. The van der Waals surface area contributed by atoms with Gasteiger partial charge in [-0.3, -0.25) is 5.10 Å². The minimum atomic E-state index is 0.637. The van der Waals surface area contributed by atoms with E-state index in [0.717, 1.165) is 65.4 Å². The Morgan fingerprint density at radius 2 is 1.89 bits per heavy atom. The molecule has 7 nitrogen and oxygen atoms in total. The number of hydrogen-bond donors (Lipinski definition) is 2. The average Bonchev–Trinajstić information content (AvgIpc) is 3.31. The van der Waals surface area contributed by atoms with Crippen LogP contribution in [0.1, 0.15) is 6.92 Å². The van der Waals surface area contributed by atoms with E-state index >= 15 is 0 Å². The number of anilines is 1. The predicted octanol–water partition coefficient (Wildman–Crippen LogP) is 3.26. The molecule has 0 atom stereocenters. The zero-order valence-electron chi connectivity index (χ0n) is 16.2. The second-order valence-corrected chi connectivity index (χ2v) is 7.29. The highest BCUT2D eigenvalue weighted by atomic mass is 16.5. The second kappa shape index (κ2) is 6.83. The maximum absolute atomic E-state index is 5.64. The molecule has 1 aliphatic rings. The smallest absolute Gasteiger partial charge is 0.159 e. The topological polar surface area (TPSA) is 73.1 Å². The number of imidazole rings is 1. The first-order valence-electron chi connectivity index (χ1n) is 9.76. The Bertz CT molecular complexity index is 1120. The Labute approximate surface area is 163 Å². The van der Waals surface area contributed by atoms with Gasteiger partial charge in [-0.05, 0) is 50.4 Å². The largest absolute Gasteiger partial charge is 0.494 e. The lowest BCUT2D eigenvalue weighted by molar-refractivity contribution is 0.313. The third-order valence-electron chi connectivity index (χ3n) is 5.40. The van der Waals surface area contributed by atoms with Crippen LogP contribution >= 0.6 is 0 Å². The molecule has 2 aromatic carbocycles. The van der Waals surface area contributed by atoms with Crippen molar-refractivity contribution < 1.29 is 4.74 Å². The van der Waals surface area contributed by atoms with Crippen molar-refractivity contribution in [2.75, 3.05) is 44.7 Å². The Balaban J connectivity index is 1.51. The number of benzene rings is 2. The van der Waals surface area contributed by atoms with Crippen LogP contribution in [-0.2, 0) is 0 Å². The molecule has 0 saturated carbocycles. The molecule has 0 unspecified atom stereocenters. The summed E-state index contributed by atoms with van der Waals surface area (Å²) in [7, 11) is 2.17. The van der Waals surface area contributed by atoms with E-state index in [-0.39, 0.29) is 0 Å². The number of aromatic amines is 2. The number of nitrogens with one attached hydrogen (secondary N) is 2. The van der Waals surface area contributed by atoms with Crippen LogP contribution in [-0.4, -0.2) is 64.9 Å². The zero-order chi connectivity index (χ0) is 19.1. The molecule has 1 aliphatic heterocycles. The summed E-state index contributed by atoms with van der Waals surface area (Å²) < 4.78 is 5.64. The van der Waals surface area contributed by atoms with E-state index in [4.69, 9.17) is 9.72 Å². The van der Waals surface area contributed by atoms with Gasteiger partial charge in [-0.25, -0.2) is 4.98 Å². The van der Waals surface area contributed by atoms with Gasteiger partial charge in [-0.1, -0.05) is 0 Å². The fraction of sp³-hybridized carbons (Fsp3) is 0.333. The second-order valence-electron chi connectivity index (χ2n) is 7.29. The predicted molar refractivity (Wildman–Crippen MR) is 112 cm³/mol. The Morgan fingerprint density at radius 3 is 2.71 bits per heavy atom. The van der Waals surface area contributed by atoms with E-state index in [9.17, 15) is 0 Å². The minimum absolute atomic E-state index is 0.637. The van der Waals surface area contributed by atoms with Gasteiger partial charge in [0.25, 0.3) is 0 Å². The van der Waals surface area contributed by atoms with Crippen LogP contribution in [0.25, 0.3) is 33.5 Å². The molecule has 0 bridgehead atoms. The van der Waals surface area contributed by atoms with Crippen molar-refractivity contribution in [3.63, 3.8) is 0 Å². The number of nitrogens with zero attached hydrogens (tertiary/aromatic N) is 4. The Morgan fingerprint density at radius 1 is 1.04 bits per heavy atom. The lowest BCUT2D eigenvalue weighted by Crippen LogP contribution is -2.44. The van der Waals surface area contributed by atoms with Crippen molar-refractivity contribution in [1.82, 2.24) is 25.1 Å². The molecule has 0 spiro atoms. The van der Waals surface area contributed by atoms with Crippen LogP contribution < -0.4 is 9.64 Å². The molecule has 0 radical (unpaired) electrons. The van der Waals surface area contributed by atoms with Crippen molar-refractivity contribution >= 4 is 27.6 Å². The molecule has 3 heterocycles. The summed E-state index contributed by atoms with van der Waals surface area (Å²) >= 11 is 0. The summed E-state index contributed by atoms with van der Waals surface area (Å²) in [6.45, 7) is 6.90. The molecule has 0 amide bonds. The van der Waals surface area contributed by atoms with Crippen molar-refractivity contribution in [3.05, 3.63) is 36.4 Å². The maximum atomic E-state index is 5.64. The first-order valence-corrected chi connectivity index (χ1v) is 9.76. The van der Waals surface area contributed by atoms with Crippen LogP contribution in [0.4, 0.5) is 5.69 Å². The molecule has 1 saturated heterocycles. The van der Waals surface area contributed by atoms with Gasteiger partial charge in [0.1, 0.15) is 11.4 Å². The maximum Gasteiger partial charge on any atom is 0.159 e. The van der Waals surface area contributed by atoms with Gasteiger partial charge in [0.15, 0.2) is 5.82 Å². The Kier molecular flexibility index (Phi) is 4.16. The van der Waals surface area contributed by atoms with Gasteiger partial charge in [-0.15, -0.1) is 0 Å². The molecule has 2 N–H and O–H groups in total. The number of rotatable bonds is 4. The van der Waals surface area contributed by atoms with Crippen LogP contribution in [0.2, 0.25) is 0 Å². The first-order chi connectivity index (χ1) is 13.7. The van der Waals surface area contributed by atoms with Crippen LogP contribution in [0.3, 0.4) is 0 Å². The zero-order valence-corrected chi connectivity index (χ0v) is 16.2. The fourth-order valence-corrected chi connectivity index (χ4v) is 3.80. The molecule has 0 aliphatic carbocycles. The highest BCUT2D eigenvalue weighted by Gasteiger charge is 2.17. The standard InChI is InChI=1S/C21H24N6O/c1-3-28-15-5-7-17-16(13-15)20(25-24-17)21-22-18-6-4-14(12-19(18)23-21)27-10-8-26(2)9-11-27/h4-7,12-13H,3,8-11H2,1-2H3,(H,22,23)(H,24,25). The summed E-state index contributed by atoms with van der Waals surface area (Å²) in [5.41, 5.74) is 5.00. The normalized spacial score (nSPS) is 15.6. The van der Waals surface area contributed by atoms with E-state index < -0.39 is 0 Å². The molecule has 28 heavy (non-hydrogen) atoms. The van der Waals surface area contributed by atoms with Gasteiger partial charge in [0.2, 0.25) is 0 Å². The molecular weight excluding hydrogens is 352 g/mol. The van der Waals surface area contributed by atoms with Gasteiger partial charge >= 0.3 is 0 Å². The van der Waals surface area contributed by atoms with E-state index in [0.29, 0.717) is 6.61 Å². The van der Waals surface area contributed by atoms with E-state index in [1.807, 2.05) is 25.1 Å². The van der Waals surface area contributed by atoms with Gasteiger partial charge in [-0.2, -0.15) is 5.10 Å². The summed E-state index contributed by atoms with van der Waals surface area (Å²) in [5.74, 6) is 1.61. The summed E-state index contributed by atoms with van der Waals surface area (Å²) in [6, 6.07) is 12.4. The quantitative estimate of drug-likeness (QED) is 0.572. The van der Waals surface area contributed by atoms with Crippen molar-refractivity contribution in [2.45, 2.75) is 6.92 Å². The van der Waals surface area contributed by atoms with Gasteiger partial charge < -0.3 is 19.5 Å². The Hall–Kier alpha value is -3.06. The van der Waals surface area contributed by atoms with Crippen molar-refractivity contribution in [1.29, 1.82) is 0 Å². The average molecular weight is 376 g/mol. The highest BCUT2D eigenvalue weighted by molar-refractivity contribution is 5.94. The number of hydrogen-bond acceptors (Lipinski definition) is 5. The van der Waals surface area contributed by atoms with E-state index in [1.165, 1.54) is 5.69 Å². The van der Waals surface area contributed by atoms with Gasteiger partial charge in [0, 0.05) is 37.3 Å². The molecule has 2 aromatic heterocycles. The third-order valence-corrected chi connectivity index (χ3v) is 5.40. The third kappa shape index (κ3) is 2.97. The monoisotopic (exact) mass is 376 g/mol. The number of fused-ring (bicyclic) bond motifs is 2. The first kappa shape index (κ1) is 17.1. The number of ether oxygens (including phenoxy) is 1. The van der Waals surface area contributed by atoms with Crippen LogP contribution in [0.5, 0.6) is 5.75 Å².